The highest BCUT2D eigenvalue weighted by Gasteiger charge is 2.26. The Kier molecular flexibility index (Phi) is 6.92. The van der Waals surface area contributed by atoms with E-state index in [1.165, 1.54) is 0 Å². The average Bonchev–Trinajstić information content (AvgIpc) is 3.20. The highest BCUT2D eigenvalue weighted by Crippen LogP contribution is 2.28. The van der Waals surface area contributed by atoms with E-state index >= 15 is 0 Å². The molecule has 1 atom stereocenters. The molecule has 170 valence electrons. The summed E-state index contributed by atoms with van der Waals surface area (Å²) in [5, 5.41) is 2.24. The second-order valence-electron chi connectivity index (χ2n) is 6.76. The van der Waals surface area contributed by atoms with Gasteiger partial charge >= 0.3 is 0 Å². The number of anilines is 1. The monoisotopic (exact) mass is 480 g/mol. The molecular weight excluding hydrogens is 455 g/mol. The van der Waals surface area contributed by atoms with Gasteiger partial charge in [-0.05, 0) is 48.7 Å². The average molecular weight is 481 g/mol. The number of benzene rings is 2. The smallest absolute Gasteiger partial charge is 0.266 e. The molecule has 31 heavy (non-hydrogen) atoms. The molecule has 0 aromatic heterocycles. The predicted molar refractivity (Wildman–Crippen MR) is 114 cm³/mol. The van der Waals surface area contributed by atoms with Crippen molar-refractivity contribution in [2.45, 2.75) is 17.7 Å². The fourth-order valence-electron chi connectivity index (χ4n) is 3.08. The number of carbonyl (C=O) groups is 1. The largest absolute Gasteiger partial charge is 0.496 e. The summed E-state index contributed by atoms with van der Waals surface area (Å²) in [6.07, 6.45) is -2.58. The summed E-state index contributed by atoms with van der Waals surface area (Å²) in [4.78, 5) is 12.6. The van der Waals surface area contributed by atoms with Crippen LogP contribution in [0.5, 0.6) is 5.75 Å². The van der Waals surface area contributed by atoms with E-state index in [4.69, 9.17) is 13.6 Å². The molecule has 2 aromatic rings. The van der Waals surface area contributed by atoms with Gasteiger partial charge in [-0.15, -0.1) is 0 Å². The number of alkyl halides is 2. The van der Waals surface area contributed by atoms with E-state index in [1.807, 2.05) is 0 Å². The molecule has 11 heteroatoms. The van der Waals surface area contributed by atoms with E-state index in [9.17, 15) is 26.4 Å². The molecule has 0 saturated carbocycles. The lowest BCUT2D eigenvalue weighted by Crippen LogP contribution is -2.18. The normalized spacial score (nSPS) is 17.9. The minimum Gasteiger partial charge on any atom is -0.496 e. The first-order chi connectivity index (χ1) is 15.4. The Morgan fingerprint density at radius 3 is 2.74 bits per heavy atom. The van der Waals surface area contributed by atoms with E-state index in [0.717, 1.165) is 36.4 Å². The summed E-state index contributed by atoms with van der Waals surface area (Å²) < 4.78 is 96.9. The van der Waals surface area contributed by atoms with E-state index in [-0.39, 0.29) is 42.4 Å². The highest BCUT2D eigenvalue weighted by molar-refractivity contribution is 7.91. The van der Waals surface area contributed by atoms with Crippen molar-refractivity contribution in [1.29, 1.82) is 0 Å². The van der Waals surface area contributed by atoms with Crippen LogP contribution in [0.15, 0.2) is 41.3 Å². The third kappa shape index (κ3) is 5.92. The van der Waals surface area contributed by atoms with Gasteiger partial charge in [0, 0.05) is 12.3 Å². The number of rotatable bonds is 7. The first-order valence-electron chi connectivity index (χ1n) is 10.4. The van der Waals surface area contributed by atoms with Gasteiger partial charge in [-0.2, -0.15) is 13.5 Å². The van der Waals surface area contributed by atoms with Crippen molar-refractivity contribution in [3.63, 3.8) is 0 Å². The SMILES string of the molecule is S.[2H]C([2H])([2H])Oc1ccc(S(=O)(=O)C[C@H]2CCOC2)cc1C(=O)Nc1ccc(F)c(C(F)F)c1. The Labute approximate surface area is 189 Å². The molecule has 1 saturated heterocycles. The number of hydrogen-bond donors (Lipinski definition) is 1. The minimum absolute atomic E-state index is 0. The Balaban J connectivity index is 0.00000408. The summed E-state index contributed by atoms with van der Waals surface area (Å²) in [6, 6.07) is 5.61. The summed E-state index contributed by atoms with van der Waals surface area (Å²) in [6.45, 7) is 0.724. The first kappa shape index (κ1) is 20.7. The molecule has 1 aliphatic heterocycles. The van der Waals surface area contributed by atoms with Gasteiger partial charge in [-0.1, -0.05) is 0 Å². The number of ether oxygens (including phenoxy) is 2. The molecule has 1 fully saturated rings. The second kappa shape index (κ2) is 10.4. The molecular formula is C20H22F3NO5S2. The van der Waals surface area contributed by atoms with Gasteiger partial charge in [-0.25, -0.2) is 21.6 Å². The zero-order valence-electron chi connectivity index (χ0n) is 19.0. The molecule has 3 rings (SSSR count). The molecule has 0 bridgehead atoms. The van der Waals surface area contributed by atoms with Crippen LogP contribution in [0.2, 0.25) is 0 Å². The van der Waals surface area contributed by atoms with Gasteiger partial charge in [-0.3, -0.25) is 4.79 Å². The highest BCUT2D eigenvalue weighted by atomic mass is 32.2. The third-order valence-electron chi connectivity index (χ3n) is 4.63. The number of methoxy groups -OCH3 is 1. The van der Waals surface area contributed by atoms with Crippen molar-refractivity contribution in [3.8, 4) is 5.75 Å². The molecule has 0 unspecified atom stereocenters. The molecule has 1 aliphatic rings. The summed E-state index contributed by atoms with van der Waals surface area (Å²) in [7, 11) is -6.81. The quantitative estimate of drug-likeness (QED) is 0.649. The maximum Gasteiger partial charge on any atom is 0.266 e. The molecule has 0 spiro atoms. The van der Waals surface area contributed by atoms with Crippen LogP contribution in [0.25, 0.3) is 0 Å². The topological polar surface area (TPSA) is 81.7 Å². The number of sulfone groups is 1. The number of hydrogen-bond acceptors (Lipinski definition) is 5. The van der Waals surface area contributed by atoms with Crippen LogP contribution in [0, 0.1) is 11.7 Å². The first-order valence-corrected chi connectivity index (χ1v) is 10.5. The summed E-state index contributed by atoms with van der Waals surface area (Å²) in [5.74, 6) is -3.09. The van der Waals surface area contributed by atoms with Gasteiger partial charge in [0.1, 0.15) is 11.6 Å². The van der Waals surface area contributed by atoms with Crippen LogP contribution >= 0.6 is 13.5 Å². The fraction of sp³-hybridized carbons (Fsp3) is 0.350. The Bertz CT molecular complexity index is 1140. The van der Waals surface area contributed by atoms with E-state index < -0.39 is 51.9 Å². The number of nitrogens with one attached hydrogen (secondary N) is 1. The van der Waals surface area contributed by atoms with Crippen molar-refractivity contribution < 1.29 is 40.0 Å². The standard InChI is InChI=1S/C20H20F3NO5S.H2S/c1-28-18-5-3-14(30(26,27)11-12-6-7-29-10-12)9-16(18)20(25)24-13-2-4-17(21)15(8-13)19(22)23;/h2-5,8-9,12,19H,6-7,10-11H2,1H3,(H,24,25);1H2/t12-;/m0./s1/i1D3;. The number of halogens is 3. The number of amides is 1. The molecule has 0 radical (unpaired) electrons. The van der Waals surface area contributed by atoms with Gasteiger partial charge in [0.25, 0.3) is 12.3 Å². The molecule has 2 aromatic carbocycles. The lowest BCUT2D eigenvalue weighted by molar-refractivity contribution is 0.102. The number of carbonyl (C=O) groups excluding carboxylic acids is 1. The van der Waals surface area contributed by atoms with Crippen LogP contribution < -0.4 is 10.1 Å². The Hall–Kier alpha value is -2.24. The third-order valence-corrected chi connectivity index (χ3v) is 6.52. The van der Waals surface area contributed by atoms with Gasteiger partial charge in [0.2, 0.25) is 0 Å². The molecule has 0 aliphatic carbocycles. The minimum atomic E-state index is -3.86. The van der Waals surface area contributed by atoms with Crippen LogP contribution in [0.1, 0.15) is 32.9 Å². The summed E-state index contributed by atoms with van der Waals surface area (Å²) in [5.41, 5.74) is -1.59. The van der Waals surface area contributed by atoms with Crippen LogP contribution in [0.4, 0.5) is 18.9 Å². The van der Waals surface area contributed by atoms with Gasteiger partial charge in [0.15, 0.2) is 9.84 Å². The van der Waals surface area contributed by atoms with Crippen molar-refractivity contribution >= 4 is 34.9 Å². The molecule has 1 heterocycles. The zero-order valence-corrected chi connectivity index (χ0v) is 17.8. The van der Waals surface area contributed by atoms with Crippen molar-refractivity contribution in [2.75, 3.05) is 31.3 Å². The Morgan fingerprint density at radius 1 is 1.32 bits per heavy atom. The summed E-state index contributed by atoms with van der Waals surface area (Å²) >= 11 is 0. The van der Waals surface area contributed by atoms with Crippen LogP contribution in [-0.4, -0.2) is 40.3 Å². The lowest BCUT2D eigenvalue weighted by Gasteiger charge is -2.14. The zero-order chi connectivity index (χ0) is 24.4. The maximum absolute atomic E-state index is 13.5. The van der Waals surface area contributed by atoms with Crippen molar-refractivity contribution in [2.24, 2.45) is 5.92 Å². The molecule has 1 N–H and O–H groups in total. The van der Waals surface area contributed by atoms with Crippen LogP contribution in [0.3, 0.4) is 0 Å². The van der Waals surface area contributed by atoms with E-state index in [2.05, 4.69) is 5.32 Å². The van der Waals surface area contributed by atoms with Crippen molar-refractivity contribution in [3.05, 3.63) is 53.3 Å². The van der Waals surface area contributed by atoms with Gasteiger partial charge in [0.05, 0.1) is 39.5 Å². The van der Waals surface area contributed by atoms with Crippen LogP contribution in [-0.2, 0) is 14.6 Å². The Morgan fingerprint density at radius 2 is 2.10 bits per heavy atom. The van der Waals surface area contributed by atoms with Crippen molar-refractivity contribution in [1.82, 2.24) is 0 Å². The van der Waals surface area contributed by atoms with E-state index in [1.54, 1.807) is 0 Å². The molecule has 6 nitrogen and oxygen atoms in total. The lowest BCUT2D eigenvalue weighted by atomic mass is 10.1. The fourth-order valence-corrected chi connectivity index (χ4v) is 4.73. The second-order valence-corrected chi connectivity index (χ2v) is 8.80. The van der Waals surface area contributed by atoms with Gasteiger partial charge < -0.3 is 14.8 Å². The molecule has 1 amide bonds. The predicted octanol–water partition coefficient (Wildman–Crippen LogP) is 3.95. The maximum atomic E-state index is 13.5. The van der Waals surface area contributed by atoms with E-state index in [0.29, 0.717) is 13.0 Å².